The van der Waals surface area contributed by atoms with Crippen LogP contribution in [-0.2, 0) is 0 Å². The van der Waals surface area contributed by atoms with Crippen molar-refractivity contribution >= 4 is 61.2 Å². The van der Waals surface area contributed by atoms with Gasteiger partial charge in [-0.25, -0.2) is 4.98 Å². The molecule has 3 heterocycles. The second kappa shape index (κ2) is 7.99. The first-order valence-corrected chi connectivity index (χ1v) is 11.1. The molecule has 0 amide bonds. The van der Waals surface area contributed by atoms with Gasteiger partial charge in [0, 0.05) is 28.9 Å². The predicted molar refractivity (Wildman–Crippen MR) is 115 cm³/mol. The molecule has 8 heteroatoms. The molecule has 0 aromatic carbocycles. The lowest BCUT2D eigenvalue weighted by atomic mass is 10.2. The number of aromatic amines is 1. The summed E-state index contributed by atoms with van der Waals surface area (Å²) in [5.74, 6) is 0.677. The summed E-state index contributed by atoms with van der Waals surface area (Å²) in [6.07, 6.45) is 0. The molecule has 0 radical (unpaired) electrons. The third-order valence-electron chi connectivity index (χ3n) is 3.93. The molecule has 1 atom stereocenters. The molecule has 0 aliphatic rings. The van der Waals surface area contributed by atoms with Crippen LogP contribution in [-0.4, -0.2) is 32.3 Å². The minimum Gasteiger partial charge on any atom is -0.358 e. The van der Waals surface area contributed by atoms with Gasteiger partial charge in [-0.2, -0.15) is 0 Å². The SMILES string of the molecule is CCN(CC)C(=S)S[C@@H](C)c1nc2scc(-c3cccs3)c2c(=O)[nH]1. The number of rotatable bonds is 5. The van der Waals surface area contributed by atoms with E-state index in [-0.39, 0.29) is 10.8 Å². The molecular formula is C17H19N3OS4. The van der Waals surface area contributed by atoms with Gasteiger partial charge in [-0.05, 0) is 32.2 Å². The number of thioether (sulfide) groups is 1. The summed E-state index contributed by atoms with van der Waals surface area (Å²) in [5, 5.41) is 4.71. The lowest BCUT2D eigenvalue weighted by Crippen LogP contribution is -2.27. The van der Waals surface area contributed by atoms with E-state index in [9.17, 15) is 4.79 Å². The lowest BCUT2D eigenvalue weighted by Gasteiger charge is -2.22. The Bertz CT molecular complexity index is 925. The summed E-state index contributed by atoms with van der Waals surface area (Å²) in [6, 6.07) is 4.02. The maximum Gasteiger partial charge on any atom is 0.260 e. The Kier molecular flexibility index (Phi) is 5.93. The normalized spacial score (nSPS) is 12.4. The van der Waals surface area contributed by atoms with Gasteiger partial charge in [-0.1, -0.05) is 30.0 Å². The van der Waals surface area contributed by atoms with Crippen LogP contribution >= 0.6 is 46.7 Å². The maximum atomic E-state index is 12.7. The van der Waals surface area contributed by atoms with E-state index < -0.39 is 0 Å². The third-order valence-corrected chi connectivity index (χ3v) is 7.29. The number of nitrogens with zero attached hydrogens (tertiary/aromatic N) is 2. The number of hydrogen-bond donors (Lipinski definition) is 1. The fourth-order valence-electron chi connectivity index (χ4n) is 2.53. The summed E-state index contributed by atoms with van der Waals surface area (Å²) >= 11 is 10.2. The van der Waals surface area contributed by atoms with Crippen molar-refractivity contribution in [1.29, 1.82) is 0 Å². The van der Waals surface area contributed by atoms with E-state index >= 15 is 0 Å². The number of fused-ring (bicyclic) bond motifs is 1. The van der Waals surface area contributed by atoms with Gasteiger partial charge in [0.2, 0.25) is 0 Å². The Labute approximate surface area is 164 Å². The zero-order chi connectivity index (χ0) is 18.0. The van der Waals surface area contributed by atoms with Gasteiger partial charge in [-0.3, -0.25) is 4.79 Å². The van der Waals surface area contributed by atoms with E-state index in [4.69, 9.17) is 17.2 Å². The second-order valence-corrected chi connectivity index (χ2v) is 9.24. The molecule has 0 bridgehead atoms. The van der Waals surface area contributed by atoms with Gasteiger partial charge < -0.3 is 9.88 Å². The summed E-state index contributed by atoms with van der Waals surface area (Å²) in [4.78, 5) is 24.3. The molecule has 0 saturated heterocycles. The number of thiophene rings is 2. The van der Waals surface area contributed by atoms with Gasteiger partial charge in [0.25, 0.3) is 5.56 Å². The molecule has 4 nitrogen and oxygen atoms in total. The molecule has 1 N–H and O–H groups in total. The molecule has 0 aliphatic heterocycles. The van der Waals surface area contributed by atoms with Crippen LogP contribution in [0.15, 0.2) is 27.7 Å². The van der Waals surface area contributed by atoms with Crippen molar-refractivity contribution in [3.63, 3.8) is 0 Å². The van der Waals surface area contributed by atoms with E-state index in [2.05, 4.69) is 23.7 Å². The average molecular weight is 410 g/mol. The van der Waals surface area contributed by atoms with Crippen LogP contribution in [0, 0.1) is 0 Å². The molecule has 3 rings (SSSR count). The Morgan fingerprint density at radius 2 is 2.16 bits per heavy atom. The van der Waals surface area contributed by atoms with Crippen molar-refractivity contribution in [3.8, 4) is 10.4 Å². The molecule has 0 spiro atoms. The van der Waals surface area contributed by atoms with Gasteiger partial charge in [0.1, 0.15) is 15.0 Å². The van der Waals surface area contributed by atoms with E-state index in [1.165, 1.54) is 11.3 Å². The third kappa shape index (κ3) is 3.81. The van der Waals surface area contributed by atoms with Crippen LogP contribution in [0.4, 0.5) is 0 Å². The molecule has 0 saturated carbocycles. The smallest absolute Gasteiger partial charge is 0.260 e. The second-order valence-electron chi connectivity index (χ2n) is 5.46. The fraction of sp³-hybridized carbons (Fsp3) is 0.353. The number of aromatic nitrogens is 2. The van der Waals surface area contributed by atoms with Crippen molar-refractivity contribution in [3.05, 3.63) is 39.1 Å². The van der Waals surface area contributed by atoms with Crippen LogP contribution in [0.1, 0.15) is 31.8 Å². The summed E-state index contributed by atoms with van der Waals surface area (Å²) in [7, 11) is 0. The van der Waals surface area contributed by atoms with Gasteiger partial charge in [0.15, 0.2) is 0 Å². The van der Waals surface area contributed by atoms with Crippen molar-refractivity contribution in [2.24, 2.45) is 0 Å². The van der Waals surface area contributed by atoms with Crippen molar-refractivity contribution in [2.75, 3.05) is 13.1 Å². The zero-order valence-corrected chi connectivity index (χ0v) is 17.5. The van der Waals surface area contributed by atoms with Gasteiger partial charge >= 0.3 is 0 Å². The van der Waals surface area contributed by atoms with Crippen molar-refractivity contribution in [1.82, 2.24) is 14.9 Å². The molecule has 0 aliphatic carbocycles. The minimum absolute atomic E-state index is 0.00233. The first-order valence-electron chi connectivity index (χ1n) is 8.06. The van der Waals surface area contributed by atoms with E-state index in [1.54, 1.807) is 23.1 Å². The predicted octanol–water partition coefficient (Wildman–Crippen LogP) is 5.13. The highest BCUT2D eigenvalue weighted by atomic mass is 32.2. The van der Waals surface area contributed by atoms with Crippen LogP contribution in [0.5, 0.6) is 0 Å². The molecule has 25 heavy (non-hydrogen) atoms. The van der Waals surface area contributed by atoms with Crippen molar-refractivity contribution in [2.45, 2.75) is 26.0 Å². The monoisotopic (exact) mass is 409 g/mol. The Morgan fingerprint density at radius 1 is 1.40 bits per heavy atom. The van der Waals surface area contributed by atoms with Gasteiger partial charge in [0.05, 0.1) is 10.6 Å². The fourth-order valence-corrected chi connectivity index (χ4v) is 5.93. The summed E-state index contributed by atoms with van der Waals surface area (Å²) < 4.78 is 0.839. The van der Waals surface area contributed by atoms with E-state index in [0.717, 1.165) is 32.7 Å². The highest BCUT2D eigenvalue weighted by Gasteiger charge is 2.19. The molecule has 3 aromatic heterocycles. The molecule has 0 unspecified atom stereocenters. The zero-order valence-electron chi connectivity index (χ0n) is 14.2. The Balaban J connectivity index is 1.91. The van der Waals surface area contributed by atoms with E-state index in [1.807, 2.05) is 29.8 Å². The number of nitrogens with one attached hydrogen (secondary N) is 1. The summed E-state index contributed by atoms with van der Waals surface area (Å²) in [5.41, 5.74) is 0.889. The topological polar surface area (TPSA) is 49.0 Å². The highest BCUT2D eigenvalue weighted by Crippen LogP contribution is 2.35. The van der Waals surface area contributed by atoms with E-state index in [0.29, 0.717) is 11.2 Å². The van der Waals surface area contributed by atoms with Gasteiger partial charge in [-0.15, -0.1) is 22.7 Å². The molecule has 3 aromatic rings. The quantitative estimate of drug-likeness (QED) is 0.592. The summed E-state index contributed by atoms with van der Waals surface area (Å²) in [6.45, 7) is 7.97. The first kappa shape index (κ1) is 18.6. The number of H-pyrrole nitrogens is 1. The Morgan fingerprint density at radius 3 is 2.80 bits per heavy atom. The number of hydrogen-bond acceptors (Lipinski definition) is 6. The number of thiocarbonyl (C=S) groups is 1. The van der Waals surface area contributed by atoms with Crippen molar-refractivity contribution < 1.29 is 0 Å². The molecule has 132 valence electrons. The molecule has 0 fully saturated rings. The first-order chi connectivity index (χ1) is 12.0. The maximum absolute atomic E-state index is 12.7. The Hall–Kier alpha value is -1.22. The molecular weight excluding hydrogens is 390 g/mol. The minimum atomic E-state index is -0.0779. The van der Waals surface area contributed by atoms with Crippen LogP contribution in [0.25, 0.3) is 20.7 Å². The standard InChI is InChI=1S/C17H19N3OS4/c1-4-20(5-2)17(22)25-10(3)14-18-15(21)13-11(9-24-16(13)19-14)12-7-6-8-23-12/h6-10H,4-5H2,1-3H3,(H,18,19,21)/t10-/m0/s1. The average Bonchev–Trinajstić information content (AvgIpc) is 3.24. The lowest BCUT2D eigenvalue weighted by molar-refractivity contribution is 0.482. The van der Waals surface area contributed by atoms with Crippen LogP contribution in [0.2, 0.25) is 0 Å². The highest BCUT2D eigenvalue weighted by molar-refractivity contribution is 8.23. The largest absolute Gasteiger partial charge is 0.358 e. The van der Waals surface area contributed by atoms with Crippen LogP contribution < -0.4 is 5.56 Å². The van der Waals surface area contributed by atoms with Crippen LogP contribution in [0.3, 0.4) is 0 Å².